The van der Waals surface area contributed by atoms with Gasteiger partial charge in [0.15, 0.2) is 5.16 Å². The Bertz CT molecular complexity index is 685. The number of nitrogens with one attached hydrogen (secondary N) is 1. The minimum atomic E-state index is -0.198. The Morgan fingerprint density at radius 2 is 2.14 bits per heavy atom. The number of benzene rings is 1. The maximum atomic E-state index is 11.4. The van der Waals surface area contributed by atoms with Crippen LogP contribution in [0.15, 0.2) is 34.2 Å². The Kier molecular flexibility index (Phi) is 5.03. The lowest BCUT2D eigenvalue weighted by Gasteiger charge is -2.16. The van der Waals surface area contributed by atoms with Gasteiger partial charge in [-0.25, -0.2) is 4.98 Å². The average molecular weight is 305 g/mol. The number of H-pyrrole nitrogens is 1. The second-order valence-corrected chi connectivity index (χ2v) is 5.86. The molecule has 1 unspecified atom stereocenters. The SMILES string of the molecule is COc1ccc(C)cc1C(N)CSc1nc(C)cc(=O)[nH]1. The van der Waals surface area contributed by atoms with Crippen molar-refractivity contribution >= 4 is 11.8 Å². The first-order chi connectivity index (χ1) is 9.99. The molecular formula is C15H19N3O2S. The summed E-state index contributed by atoms with van der Waals surface area (Å²) in [7, 11) is 1.63. The molecule has 1 heterocycles. The van der Waals surface area contributed by atoms with Crippen LogP contribution in [0.5, 0.6) is 5.75 Å². The fraction of sp³-hybridized carbons (Fsp3) is 0.333. The molecule has 0 radical (unpaired) electrons. The van der Waals surface area contributed by atoms with Crippen LogP contribution in [0.2, 0.25) is 0 Å². The Balaban J connectivity index is 2.13. The van der Waals surface area contributed by atoms with Crippen molar-refractivity contribution < 1.29 is 4.74 Å². The van der Waals surface area contributed by atoms with E-state index in [4.69, 9.17) is 10.5 Å². The van der Waals surface area contributed by atoms with Gasteiger partial charge in [0, 0.05) is 29.1 Å². The first-order valence-electron chi connectivity index (χ1n) is 6.60. The standard InChI is InChI=1S/C15H19N3O2S/c1-9-4-5-13(20-3)11(6-9)12(16)8-21-15-17-10(2)7-14(19)18-15/h4-7,12H,8,16H2,1-3H3,(H,17,18,19). The highest BCUT2D eigenvalue weighted by molar-refractivity contribution is 7.99. The first-order valence-corrected chi connectivity index (χ1v) is 7.59. The number of hydrogen-bond donors (Lipinski definition) is 2. The smallest absolute Gasteiger partial charge is 0.251 e. The van der Waals surface area contributed by atoms with Crippen LogP contribution in [0, 0.1) is 13.8 Å². The van der Waals surface area contributed by atoms with Crippen molar-refractivity contribution in [3.63, 3.8) is 0 Å². The summed E-state index contributed by atoms with van der Waals surface area (Å²) >= 11 is 1.43. The fourth-order valence-corrected chi connectivity index (χ4v) is 2.92. The molecule has 0 aliphatic rings. The van der Waals surface area contributed by atoms with Gasteiger partial charge in [-0.15, -0.1) is 0 Å². The van der Waals surface area contributed by atoms with Crippen LogP contribution < -0.4 is 16.0 Å². The molecule has 1 atom stereocenters. The summed E-state index contributed by atoms with van der Waals surface area (Å²) in [6, 6.07) is 7.20. The van der Waals surface area contributed by atoms with E-state index in [-0.39, 0.29) is 11.6 Å². The summed E-state index contributed by atoms with van der Waals surface area (Å²) in [5.41, 5.74) is 8.89. The Morgan fingerprint density at radius 1 is 1.38 bits per heavy atom. The van der Waals surface area contributed by atoms with Crippen LogP contribution in [0.1, 0.15) is 22.9 Å². The predicted molar refractivity (Wildman–Crippen MR) is 85.0 cm³/mol. The number of aryl methyl sites for hydroxylation is 2. The van der Waals surface area contributed by atoms with E-state index >= 15 is 0 Å². The zero-order valence-electron chi connectivity index (χ0n) is 12.3. The van der Waals surface area contributed by atoms with Crippen LogP contribution in [0.4, 0.5) is 0 Å². The summed E-state index contributed by atoms with van der Waals surface area (Å²) < 4.78 is 5.35. The van der Waals surface area contributed by atoms with E-state index in [1.807, 2.05) is 25.1 Å². The predicted octanol–water partition coefficient (Wildman–Crippen LogP) is 2.19. The van der Waals surface area contributed by atoms with Crippen molar-refractivity contribution in [1.82, 2.24) is 9.97 Å². The number of rotatable bonds is 5. The second-order valence-electron chi connectivity index (χ2n) is 4.85. The van der Waals surface area contributed by atoms with Crippen molar-refractivity contribution in [2.24, 2.45) is 5.73 Å². The molecule has 2 rings (SSSR count). The average Bonchev–Trinajstić information content (AvgIpc) is 2.43. The van der Waals surface area contributed by atoms with E-state index in [2.05, 4.69) is 9.97 Å². The molecule has 2 aromatic rings. The molecule has 0 saturated carbocycles. The highest BCUT2D eigenvalue weighted by atomic mass is 32.2. The molecule has 0 amide bonds. The van der Waals surface area contributed by atoms with Crippen molar-refractivity contribution in [3.05, 3.63) is 51.4 Å². The number of hydrogen-bond acceptors (Lipinski definition) is 5. The summed E-state index contributed by atoms with van der Waals surface area (Å²) in [6.45, 7) is 3.81. The highest BCUT2D eigenvalue weighted by Crippen LogP contribution is 2.28. The van der Waals surface area contributed by atoms with Crippen LogP contribution in [0.3, 0.4) is 0 Å². The van der Waals surface area contributed by atoms with Gasteiger partial charge >= 0.3 is 0 Å². The highest BCUT2D eigenvalue weighted by Gasteiger charge is 2.13. The molecule has 6 heteroatoms. The molecule has 5 nitrogen and oxygen atoms in total. The van der Waals surface area contributed by atoms with Gasteiger partial charge in [0.25, 0.3) is 5.56 Å². The summed E-state index contributed by atoms with van der Waals surface area (Å²) in [5, 5.41) is 0.585. The lowest BCUT2D eigenvalue weighted by Crippen LogP contribution is -2.15. The number of nitrogens with zero attached hydrogens (tertiary/aromatic N) is 1. The van der Waals surface area contributed by atoms with E-state index in [0.717, 1.165) is 16.9 Å². The molecule has 0 bridgehead atoms. The molecular weight excluding hydrogens is 286 g/mol. The van der Waals surface area contributed by atoms with E-state index in [1.165, 1.54) is 17.8 Å². The molecule has 0 aliphatic carbocycles. The number of ether oxygens (including phenoxy) is 1. The maximum absolute atomic E-state index is 11.4. The molecule has 1 aromatic heterocycles. The maximum Gasteiger partial charge on any atom is 0.251 e. The summed E-state index contributed by atoms with van der Waals surface area (Å²) in [4.78, 5) is 18.4. The lowest BCUT2D eigenvalue weighted by molar-refractivity contribution is 0.407. The van der Waals surface area contributed by atoms with Gasteiger partial charge in [0.1, 0.15) is 5.75 Å². The number of nitrogens with two attached hydrogens (primary N) is 1. The van der Waals surface area contributed by atoms with Crippen molar-refractivity contribution in [3.8, 4) is 5.75 Å². The monoisotopic (exact) mass is 305 g/mol. The van der Waals surface area contributed by atoms with Gasteiger partial charge in [0.05, 0.1) is 7.11 Å². The van der Waals surface area contributed by atoms with Crippen LogP contribution in [-0.4, -0.2) is 22.8 Å². The Morgan fingerprint density at radius 3 is 2.81 bits per heavy atom. The van der Waals surface area contributed by atoms with Crippen LogP contribution in [0.25, 0.3) is 0 Å². The van der Waals surface area contributed by atoms with Gasteiger partial charge in [-0.05, 0) is 19.9 Å². The zero-order chi connectivity index (χ0) is 15.4. The molecule has 1 aromatic carbocycles. The van der Waals surface area contributed by atoms with Gasteiger partial charge < -0.3 is 15.5 Å². The topological polar surface area (TPSA) is 81.0 Å². The zero-order valence-corrected chi connectivity index (χ0v) is 13.2. The minimum absolute atomic E-state index is 0.147. The van der Waals surface area contributed by atoms with Gasteiger partial charge in [-0.2, -0.15) is 0 Å². The summed E-state index contributed by atoms with van der Waals surface area (Å²) in [5.74, 6) is 1.38. The third kappa shape index (κ3) is 4.09. The molecule has 0 fully saturated rings. The van der Waals surface area contributed by atoms with E-state index in [0.29, 0.717) is 16.6 Å². The van der Waals surface area contributed by atoms with Crippen molar-refractivity contribution in [1.29, 1.82) is 0 Å². The Hall–Kier alpha value is -1.79. The molecule has 112 valence electrons. The number of thioether (sulfide) groups is 1. The molecule has 0 spiro atoms. The molecule has 21 heavy (non-hydrogen) atoms. The normalized spacial score (nSPS) is 12.2. The molecule has 0 aliphatic heterocycles. The second kappa shape index (κ2) is 6.78. The fourth-order valence-electron chi connectivity index (χ4n) is 2.02. The van der Waals surface area contributed by atoms with E-state index < -0.39 is 0 Å². The quantitative estimate of drug-likeness (QED) is 0.654. The Labute approximate surface area is 127 Å². The number of aromatic nitrogens is 2. The van der Waals surface area contributed by atoms with Crippen LogP contribution >= 0.6 is 11.8 Å². The van der Waals surface area contributed by atoms with E-state index in [9.17, 15) is 4.79 Å². The molecule has 0 saturated heterocycles. The van der Waals surface area contributed by atoms with Crippen molar-refractivity contribution in [2.45, 2.75) is 25.0 Å². The van der Waals surface area contributed by atoms with Gasteiger partial charge in [-0.3, -0.25) is 4.79 Å². The summed E-state index contributed by atoms with van der Waals surface area (Å²) in [6.07, 6.45) is 0. The van der Waals surface area contributed by atoms with E-state index in [1.54, 1.807) is 14.0 Å². The van der Waals surface area contributed by atoms with Crippen molar-refractivity contribution in [2.75, 3.05) is 12.9 Å². The first kappa shape index (κ1) is 15.6. The largest absolute Gasteiger partial charge is 0.496 e. The van der Waals surface area contributed by atoms with Gasteiger partial charge in [0.2, 0.25) is 0 Å². The minimum Gasteiger partial charge on any atom is -0.496 e. The van der Waals surface area contributed by atoms with Crippen LogP contribution in [-0.2, 0) is 0 Å². The van der Waals surface area contributed by atoms with Gasteiger partial charge in [-0.1, -0.05) is 29.5 Å². The third-order valence-electron chi connectivity index (χ3n) is 3.03. The molecule has 3 N–H and O–H groups in total. The third-order valence-corrected chi connectivity index (χ3v) is 4.02. The number of methoxy groups -OCH3 is 1. The number of aromatic amines is 1. The lowest BCUT2D eigenvalue weighted by atomic mass is 10.1.